The highest BCUT2D eigenvalue weighted by atomic mass is 19.1. The van der Waals surface area contributed by atoms with E-state index in [0.29, 0.717) is 5.75 Å². The number of ether oxygens (including phenoxy) is 1. The molecule has 0 aliphatic heterocycles. The fraction of sp³-hybridized carbons (Fsp3) is 0.538. The predicted octanol–water partition coefficient (Wildman–Crippen LogP) is 3.14. The third-order valence-corrected chi connectivity index (χ3v) is 2.66. The minimum Gasteiger partial charge on any atom is -0.494 e. The first-order chi connectivity index (χ1) is 7.40. The molecule has 0 amide bonds. The van der Waals surface area contributed by atoms with E-state index >= 15 is 0 Å². The lowest BCUT2D eigenvalue weighted by molar-refractivity contribution is 0.285. The summed E-state index contributed by atoms with van der Waals surface area (Å²) in [6.07, 6.45) is 0. The van der Waals surface area contributed by atoms with Gasteiger partial charge in [0.25, 0.3) is 0 Å². The molecule has 0 bridgehead atoms. The molecule has 1 aromatic rings. The van der Waals surface area contributed by atoms with E-state index in [1.165, 1.54) is 13.2 Å². The van der Waals surface area contributed by atoms with Gasteiger partial charge in [-0.25, -0.2) is 4.39 Å². The molecular weight excluding hydrogens is 205 g/mol. The van der Waals surface area contributed by atoms with Crippen LogP contribution >= 0.6 is 0 Å². The average molecular weight is 225 g/mol. The van der Waals surface area contributed by atoms with Crippen molar-refractivity contribution in [2.75, 3.05) is 14.2 Å². The van der Waals surface area contributed by atoms with Gasteiger partial charge in [-0.2, -0.15) is 0 Å². The van der Waals surface area contributed by atoms with Gasteiger partial charge < -0.3 is 10.1 Å². The number of hydrogen-bond donors (Lipinski definition) is 1. The van der Waals surface area contributed by atoms with E-state index in [2.05, 4.69) is 26.1 Å². The van der Waals surface area contributed by atoms with Gasteiger partial charge in [0.2, 0.25) is 0 Å². The number of halogens is 1. The molecule has 0 aromatic heterocycles. The fourth-order valence-electron chi connectivity index (χ4n) is 1.96. The van der Waals surface area contributed by atoms with Crippen LogP contribution in [0.4, 0.5) is 4.39 Å². The van der Waals surface area contributed by atoms with Crippen molar-refractivity contribution in [3.8, 4) is 5.75 Å². The second-order valence-electron chi connectivity index (χ2n) is 4.98. The van der Waals surface area contributed by atoms with Gasteiger partial charge in [0.1, 0.15) is 0 Å². The molecule has 1 rings (SSSR count). The van der Waals surface area contributed by atoms with Crippen molar-refractivity contribution < 1.29 is 9.13 Å². The Morgan fingerprint density at radius 3 is 2.38 bits per heavy atom. The molecule has 1 atom stereocenters. The van der Waals surface area contributed by atoms with Gasteiger partial charge in [0.15, 0.2) is 11.6 Å². The molecule has 0 spiro atoms. The molecule has 90 valence electrons. The highest BCUT2D eigenvalue weighted by Crippen LogP contribution is 2.34. The number of rotatable bonds is 3. The lowest BCUT2D eigenvalue weighted by atomic mass is 9.82. The summed E-state index contributed by atoms with van der Waals surface area (Å²) in [4.78, 5) is 0. The van der Waals surface area contributed by atoms with Gasteiger partial charge >= 0.3 is 0 Å². The van der Waals surface area contributed by atoms with Crippen molar-refractivity contribution in [2.24, 2.45) is 5.41 Å². The van der Waals surface area contributed by atoms with E-state index in [0.717, 1.165) is 5.56 Å². The summed E-state index contributed by atoms with van der Waals surface area (Å²) >= 11 is 0. The molecule has 1 aromatic carbocycles. The van der Waals surface area contributed by atoms with E-state index in [-0.39, 0.29) is 17.3 Å². The second kappa shape index (κ2) is 4.83. The van der Waals surface area contributed by atoms with Gasteiger partial charge in [0.05, 0.1) is 7.11 Å². The summed E-state index contributed by atoms with van der Waals surface area (Å²) in [5.74, 6) is -0.0305. The molecule has 0 fully saturated rings. The van der Waals surface area contributed by atoms with Crippen molar-refractivity contribution in [3.05, 3.63) is 29.6 Å². The highest BCUT2D eigenvalue weighted by molar-refractivity contribution is 5.32. The fourth-order valence-corrected chi connectivity index (χ4v) is 1.96. The molecule has 3 heteroatoms. The number of benzene rings is 1. The molecule has 1 N–H and O–H groups in total. The van der Waals surface area contributed by atoms with Crippen LogP contribution in [-0.4, -0.2) is 14.2 Å². The number of nitrogens with one attached hydrogen (secondary N) is 1. The maximum Gasteiger partial charge on any atom is 0.165 e. The summed E-state index contributed by atoms with van der Waals surface area (Å²) in [6.45, 7) is 6.43. The predicted molar refractivity (Wildman–Crippen MR) is 64.2 cm³/mol. The van der Waals surface area contributed by atoms with Gasteiger partial charge in [-0.1, -0.05) is 26.8 Å². The SMILES string of the molecule is CNC(c1ccc(F)c(OC)c1)C(C)(C)C. The van der Waals surface area contributed by atoms with E-state index in [1.54, 1.807) is 12.1 Å². The topological polar surface area (TPSA) is 21.3 Å². The van der Waals surface area contributed by atoms with E-state index in [4.69, 9.17) is 4.74 Å². The molecule has 0 saturated carbocycles. The van der Waals surface area contributed by atoms with Crippen LogP contribution in [0.15, 0.2) is 18.2 Å². The van der Waals surface area contributed by atoms with Crippen LogP contribution in [0.5, 0.6) is 5.75 Å². The van der Waals surface area contributed by atoms with Gasteiger partial charge in [0, 0.05) is 6.04 Å². The molecular formula is C13H20FNO. The van der Waals surface area contributed by atoms with Crippen molar-refractivity contribution in [3.63, 3.8) is 0 Å². The van der Waals surface area contributed by atoms with Crippen LogP contribution in [0.25, 0.3) is 0 Å². The number of methoxy groups -OCH3 is 1. The summed E-state index contributed by atoms with van der Waals surface area (Å²) in [5, 5.41) is 3.25. The molecule has 0 radical (unpaired) electrons. The number of hydrogen-bond acceptors (Lipinski definition) is 2. The third kappa shape index (κ3) is 2.73. The zero-order chi connectivity index (χ0) is 12.3. The average Bonchev–Trinajstić information content (AvgIpc) is 2.19. The Hall–Kier alpha value is -1.09. The van der Waals surface area contributed by atoms with E-state index < -0.39 is 0 Å². The quantitative estimate of drug-likeness (QED) is 0.853. The Labute approximate surface area is 96.8 Å². The largest absolute Gasteiger partial charge is 0.494 e. The Kier molecular flexibility index (Phi) is 3.92. The molecule has 1 unspecified atom stereocenters. The second-order valence-corrected chi connectivity index (χ2v) is 4.98. The lowest BCUT2D eigenvalue weighted by Crippen LogP contribution is -2.29. The van der Waals surface area contributed by atoms with Crippen molar-refractivity contribution in [1.29, 1.82) is 0 Å². The Morgan fingerprint density at radius 1 is 1.31 bits per heavy atom. The first kappa shape index (κ1) is 13.0. The molecule has 2 nitrogen and oxygen atoms in total. The van der Waals surface area contributed by atoms with Crippen LogP contribution in [-0.2, 0) is 0 Å². The summed E-state index contributed by atoms with van der Waals surface area (Å²) < 4.78 is 18.3. The minimum atomic E-state index is -0.324. The summed E-state index contributed by atoms with van der Waals surface area (Å²) in [6, 6.07) is 5.16. The Morgan fingerprint density at radius 2 is 1.94 bits per heavy atom. The van der Waals surface area contributed by atoms with Crippen molar-refractivity contribution in [2.45, 2.75) is 26.8 Å². The maximum absolute atomic E-state index is 13.3. The minimum absolute atomic E-state index is 0.0671. The van der Waals surface area contributed by atoms with E-state index in [1.807, 2.05) is 7.05 Å². The smallest absolute Gasteiger partial charge is 0.165 e. The standard InChI is InChI=1S/C13H20FNO/c1-13(2,3)12(15-4)9-6-7-10(14)11(8-9)16-5/h6-8,12,15H,1-5H3. The van der Waals surface area contributed by atoms with Crippen molar-refractivity contribution >= 4 is 0 Å². The zero-order valence-corrected chi connectivity index (χ0v) is 10.6. The highest BCUT2D eigenvalue weighted by Gasteiger charge is 2.25. The monoisotopic (exact) mass is 225 g/mol. The lowest BCUT2D eigenvalue weighted by Gasteiger charge is -2.31. The Balaban J connectivity index is 3.12. The molecule has 0 aliphatic carbocycles. The third-order valence-electron chi connectivity index (χ3n) is 2.66. The Bertz CT molecular complexity index is 357. The van der Waals surface area contributed by atoms with Gasteiger partial charge in [-0.05, 0) is 30.2 Å². The van der Waals surface area contributed by atoms with Gasteiger partial charge in [-0.3, -0.25) is 0 Å². The first-order valence-corrected chi connectivity index (χ1v) is 5.41. The maximum atomic E-state index is 13.3. The van der Waals surface area contributed by atoms with Gasteiger partial charge in [-0.15, -0.1) is 0 Å². The normalized spacial score (nSPS) is 13.6. The van der Waals surface area contributed by atoms with Crippen LogP contribution in [0.2, 0.25) is 0 Å². The molecule has 0 saturated heterocycles. The van der Waals surface area contributed by atoms with E-state index in [9.17, 15) is 4.39 Å². The van der Waals surface area contributed by atoms with Crippen LogP contribution in [0, 0.1) is 11.2 Å². The summed E-state index contributed by atoms with van der Waals surface area (Å²) in [7, 11) is 3.39. The molecule has 0 heterocycles. The van der Waals surface area contributed by atoms with Crippen molar-refractivity contribution in [1.82, 2.24) is 5.32 Å². The molecule has 16 heavy (non-hydrogen) atoms. The summed E-state index contributed by atoms with van der Waals surface area (Å²) in [5.41, 5.74) is 1.10. The van der Waals surface area contributed by atoms with Crippen LogP contribution < -0.4 is 10.1 Å². The van der Waals surface area contributed by atoms with Crippen LogP contribution in [0.3, 0.4) is 0 Å². The first-order valence-electron chi connectivity index (χ1n) is 5.41. The van der Waals surface area contributed by atoms with Crippen LogP contribution in [0.1, 0.15) is 32.4 Å². The zero-order valence-electron chi connectivity index (χ0n) is 10.6. The molecule has 0 aliphatic rings.